The minimum absolute atomic E-state index is 0.102. The lowest BCUT2D eigenvalue weighted by Gasteiger charge is -2.18. The topological polar surface area (TPSA) is 78.9 Å². The number of ether oxygens (including phenoxy) is 3. The van der Waals surface area contributed by atoms with Crippen molar-refractivity contribution in [3.05, 3.63) is 122 Å². The van der Waals surface area contributed by atoms with Crippen molar-refractivity contribution in [2.75, 3.05) is 13.2 Å². The van der Waals surface area contributed by atoms with Crippen LogP contribution in [0.3, 0.4) is 0 Å². The predicted molar refractivity (Wildman–Crippen MR) is 343 cm³/mol. The molecule has 0 N–H and O–H groups in total. The van der Waals surface area contributed by atoms with Gasteiger partial charge in [-0.25, -0.2) is 0 Å². The molecule has 0 radical (unpaired) electrons. The summed E-state index contributed by atoms with van der Waals surface area (Å²) in [6, 6.07) is 0. The lowest BCUT2D eigenvalue weighted by atomic mass is 10.0. The molecule has 6 heteroatoms. The molecule has 0 aliphatic heterocycles. The molecule has 0 aliphatic carbocycles. The van der Waals surface area contributed by atoms with Crippen LogP contribution >= 0.6 is 0 Å². The third kappa shape index (κ3) is 64.5. The highest BCUT2D eigenvalue weighted by Crippen LogP contribution is 2.16. The first-order valence-electron chi connectivity index (χ1n) is 33.0. The Morgan fingerprint density at radius 1 is 0.266 bits per heavy atom. The largest absolute Gasteiger partial charge is 0.462 e. The highest BCUT2D eigenvalue weighted by Gasteiger charge is 2.19. The highest BCUT2D eigenvalue weighted by molar-refractivity contribution is 5.71. The highest BCUT2D eigenvalue weighted by atomic mass is 16.6. The summed E-state index contributed by atoms with van der Waals surface area (Å²) in [5.41, 5.74) is 0. The zero-order valence-corrected chi connectivity index (χ0v) is 51.6. The monoisotopic (exact) mass is 1090 g/mol. The summed E-state index contributed by atoms with van der Waals surface area (Å²) in [5, 5.41) is 0. The summed E-state index contributed by atoms with van der Waals surface area (Å²) >= 11 is 0. The zero-order valence-electron chi connectivity index (χ0n) is 51.6. The summed E-state index contributed by atoms with van der Waals surface area (Å²) in [5.74, 6) is -0.959. The summed E-state index contributed by atoms with van der Waals surface area (Å²) in [6.07, 6.45) is 92.2. The van der Waals surface area contributed by atoms with E-state index in [1.807, 2.05) is 0 Å². The molecule has 450 valence electrons. The van der Waals surface area contributed by atoms with E-state index in [4.69, 9.17) is 14.2 Å². The number of rotatable bonds is 59. The van der Waals surface area contributed by atoms with Gasteiger partial charge in [-0.15, -0.1) is 0 Å². The maximum atomic E-state index is 12.9. The smallest absolute Gasteiger partial charge is 0.306 e. The van der Waals surface area contributed by atoms with Crippen molar-refractivity contribution in [3.8, 4) is 0 Å². The van der Waals surface area contributed by atoms with Crippen molar-refractivity contribution < 1.29 is 28.6 Å². The molecule has 0 saturated carbocycles. The second kappa shape index (κ2) is 66.3. The van der Waals surface area contributed by atoms with Gasteiger partial charge in [0.25, 0.3) is 0 Å². The Balaban J connectivity index is 4.36. The Labute approximate surface area is 488 Å². The Bertz CT molecular complexity index is 1640. The number of hydrogen-bond acceptors (Lipinski definition) is 6. The lowest BCUT2D eigenvalue weighted by molar-refractivity contribution is -0.167. The summed E-state index contributed by atoms with van der Waals surface area (Å²) in [7, 11) is 0. The third-order valence-electron chi connectivity index (χ3n) is 14.0. The first-order chi connectivity index (χ1) is 39.0. The van der Waals surface area contributed by atoms with Crippen LogP contribution in [0.1, 0.15) is 303 Å². The van der Waals surface area contributed by atoms with Crippen LogP contribution < -0.4 is 0 Å². The van der Waals surface area contributed by atoms with Crippen LogP contribution in [-0.4, -0.2) is 37.2 Å². The summed E-state index contributed by atoms with van der Waals surface area (Å²) < 4.78 is 16.9. The normalized spacial score (nSPS) is 12.9. The van der Waals surface area contributed by atoms with Crippen molar-refractivity contribution in [2.24, 2.45) is 0 Å². The predicted octanol–water partition coefficient (Wildman–Crippen LogP) is 22.8. The van der Waals surface area contributed by atoms with Gasteiger partial charge in [0.1, 0.15) is 13.2 Å². The van der Waals surface area contributed by atoms with E-state index < -0.39 is 6.10 Å². The fourth-order valence-corrected chi connectivity index (χ4v) is 9.03. The average Bonchev–Trinajstić information content (AvgIpc) is 3.45. The van der Waals surface area contributed by atoms with Crippen molar-refractivity contribution in [3.63, 3.8) is 0 Å². The van der Waals surface area contributed by atoms with Crippen LogP contribution in [0.2, 0.25) is 0 Å². The molecule has 0 bridgehead atoms. The Morgan fingerprint density at radius 2 is 0.506 bits per heavy atom. The van der Waals surface area contributed by atoms with Crippen LogP contribution in [0.25, 0.3) is 0 Å². The Morgan fingerprint density at radius 3 is 0.810 bits per heavy atom. The van der Waals surface area contributed by atoms with Crippen LogP contribution in [0.4, 0.5) is 0 Å². The molecule has 0 saturated heterocycles. The van der Waals surface area contributed by atoms with Crippen LogP contribution in [0.15, 0.2) is 122 Å². The second-order valence-corrected chi connectivity index (χ2v) is 21.6. The van der Waals surface area contributed by atoms with Gasteiger partial charge < -0.3 is 14.2 Å². The maximum Gasteiger partial charge on any atom is 0.306 e. The maximum absolute atomic E-state index is 12.9. The summed E-state index contributed by atoms with van der Waals surface area (Å²) in [4.78, 5) is 38.3. The molecule has 6 nitrogen and oxygen atoms in total. The van der Waals surface area contributed by atoms with Crippen molar-refractivity contribution in [2.45, 2.75) is 309 Å². The van der Waals surface area contributed by atoms with Gasteiger partial charge in [0.2, 0.25) is 0 Å². The zero-order chi connectivity index (χ0) is 57.1. The standard InChI is InChI=1S/C73H122O6/c1-4-7-10-13-16-19-22-24-26-28-30-32-34-35-36-37-39-40-42-44-46-48-51-54-57-60-63-66-72(75)78-69-70(68-77-71(74)65-62-59-56-53-50-21-18-15-12-9-6-3)79-73(76)67-64-61-58-55-52-49-47-45-43-41-38-33-31-29-27-25-23-20-17-14-11-8-5-2/h8,11,17,20,22,24-25,27-28,30-31,33-35,41,43,47,49,55,58,70H,4-7,9-10,12-16,18-19,21,23,26,29,32,36-40,42,44-46,48,50-54,56-57,59-69H2,1-3H3/b11-8-,20-17-,24-22-,27-25-,30-28-,33-31-,35-34-,43-41-,49-47-,58-55-. The van der Waals surface area contributed by atoms with Crippen molar-refractivity contribution in [1.29, 1.82) is 0 Å². The van der Waals surface area contributed by atoms with Crippen LogP contribution in [0, 0.1) is 0 Å². The van der Waals surface area contributed by atoms with Gasteiger partial charge in [-0.1, -0.05) is 296 Å². The van der Waals surface area contributed by atoms with Gasteiger partial charge in [0, 0.05) is 19.3 Å². The van der Waals surface area contributed by atoms with Crippen molar-refractivity contribution >= 4 is 17.9 Å². The van der Waals surface area contributed by atoms with Gasteiger partial charge in [0.05, 0.1) is 0 Å². The molecule has 0 heterocycles. The van der Waals surface area contributed by atoms with Crippen LogP contribution in [-0.2, 0) is 28.6 Å². The quantitative estimate of drug-likeness (QED) is 0.0261. The average molecular weight is 1100 g/mol. The van der Waals surface area contributed by atoms with Gasteiger partial charge >= 0.3 is 17.9 Å². The first kappa shape index (κ1) is 74.8. The first-order valence-corrected chi connectivity index (χ1v) is 33.0. The van der Waals surface area contributed by atoms with E-state index in [-0.39, 0.29) is 37.5 Å². The lowest BCUT2D eigenvalue weighted by Crippen LogP contribution is -2.30. The van der Waals surface area contributed by atoms with Crippen molar-refractivity contribution in [1.82, 2.24) is 0 Å². The van der Waals surface area contributed by atoms with E-state index >= 15 is 0 Å². The molecule has 0 aliphatic rings. The molecular weight excluding hydrogens is 973 g/mol. The van der Waals surface area contributed by atoms with Gasteiger partial charge in [-0.3, -0.25) is 14.4 Å². The third-order valence-corrected chi connectivity index (χ3v) is 14.0. The van der Waals surface area contributed by atoms with Gasteiger partial charge in [0.15, 0.2) is 6.10 Å². The van der Waals surface area contributed by atoms with E-state index in [9.17, 15) is 14.4 Å². The molecule has 1 unspecified atom stereocenters. The van der Waals surface area contributed by atoms with E-state index in [2.05, 4.69) is 142 Å². The molecule has 0 spiro atoms. The number of carbonyl (C=O) groups excluding carboxylic acids is 3. The van der Waals surface area contributed by atoms with E-state index in [0.29, 0.717) is 19.3 Å². The number of carbonyl (C=O) groups is 3. The van der Waals surface area contributed by atoms with Gasteiger partial charge in [-0.2, -0.15) is 0 Å². The number of esters is 3. The molecular formula is C73H122O6. The summed E-state index contributed by atoms with van der Waals surface area (Å²) in [6.45, 7) is 6.48. The Hall–Kier alpha value is -4.19. The fraction of sp³-hybridized carbons (Fsp3) is 0.685. The number of hydrogen-bond donors (Lipinski definition) is 0. The van der Waals surface area contributed by atoms with E-state index in [0.717, 1.165) is 103 Å². The van der Waals surface area contributed by atoms with Crippen LogP contribution in [0.5, 0.6) is 0 Å². The second-order valence-electron chi connectivity index (χ2n) is 21.6. The molecule has 0 amide bonds. The molecule has 0 aromatic rings. The molecule has 1 atom stereocenters. The number of allylic oxidation sites excluding steroid dienone is 20. The number of unbranched alkanes of at least 4 members (excludes halogenated alkanes) is 28. The molecule has 0 aromatic carbocycles. The molecule has 79 heavy (non-hydrogen) atoms. The Kier molecular flexibility index (Phi) is 62.8. The molecule has 0 fully saturated rings. The van der Waals surface area contributed by atoms with E-state index in [1.165, 1.54) is 154 Å². The minimum atomic E-state index is -0.812. The SMILES string of the molecule is CC/C=C\C/C=C\C/C=C\C/C=C\C/C=C\C/C=C\C/C=C\CCCC(=O)OC(COC(=O)CCCCCCCCCCCCC)COC(=O)CCCCCCCCCCCCCC/C=C\C/C=C\C/C=C\CCCCCCC. The fourth-order valence-electron chi connectivity index (χ4n) is 9.03. The van der Waals surface area contributed by atoms with E-state index in [1.54, 1.807) is 0 Å². The molecule has 0 aromatic heterocycles. The minimum Gasteiger partial charge on any atom is -0.462 e. The molecule has 0 rings (SSSR count). The van der Waals surface area contributed by atoms with Gasteiger partial charge in [-0.05, 0) is 109 Å².